The fraction of sp³-hybridized carbons (Fsp3) is 0.609. The van der Waals surface area contributed by atoms with Gasteiger partial charge in [-0.25, -0.2) is 9.59 Å². The van der Waals surface area contributed by atoms with Crippen molar-refractivity contribution in [3.05, 3.63) is 26.0 Å². The Hall–Kier alpha value is -1.49. The van der Waals surface area contributed by atoms with Gasteiger partial charge in [-0.1, -0.05) is 11.6 Å². The number of carbonyl (C=O) groups excluding carboxylic acids is 1. The Kier molecular flexibility index (Phi) is 7.17. The third-order valence-corrected chi connectivity index (χ3v) is 8.92. The lowest BCUT2D eigenvalue weighted by Crippen LogP contribution is -2.59. The Morgan fingerprint density at radius 2 is 2.00 bits per heavy atom. The van der Waals surface area contributed by atoms with Crippen LogP contribution < -0.4 is 10.6 Å². The molecule has 4 rings (SSSR count). The third kappa shape index (κ3) is 4.66. The van der Waals surface area contributed by atoms with Crippen LogP contribution in [0.4, 0.5) is 10.6 Å². The van der Waals surface area contributed by atoms with Gasteiger partial charge in [-0.05, 0) is 56.6 Å². The molecule has 0 radical (unpaired) electrons. The van der Waals surface area contributed by atoms with E-state index in [0.29, 0.717) is 36.3 Å². The summed E-state index contributed by atoms with van der Waals surface area (Å²) in [6, 6.07) is 1.55. The van der Waals surface area contributed by atoms with E-state index < -0.39 is 5.60 Å². The molecule has 0 aliphatic carbocycles. The van der Waals surface area contributed by atoms with E-state index in [1.807, 2.05) is 40.7 Å². The molecule has 2 unspecified atom stereocenters. The van der Waals surface area contributed by atoms with Crippen LogP contribution in [0, 0.1) is 0 Å². The van der Waals surface area contributed by atoms with Crippen LogP contribution in [0.15, 0.2) is 20.2 Å². The first-order valence-electron chi connectivity index (χ1n) is 11.2. The number of piperazine rings is 1. The average Bonchev–Trinajstić information content (AvgIpc) is 2.74. The number of nitrogens with zero attached hydrogens (tertiary/aromatic N) is 4. The van der Waals surface area contributed by atoms with E-state index in [4.69, 9.17) is 21.1 Å². The van der Waals surface area contributed by atoms with E-state index >= 15 is 0 Å². The molecule has 0 spiro atoms. The van der Waals surface area contributed by atoms with Crippen molar-refractivity contribution >= 4 is 62.1 Å². The lowest BCUT2D eigenvalue weighted by Gasteiger charge is -2.45. The minimum absolute atomic E-state index is 0.0779. The number of amides is 1. The van der Waals surface area contributed by atoms with Gasteiger partial charge in [0.15, 0.2) is 0 Å². The molecule has 186 valence electrons. The summed E-state index contributed by atoms with van der Waals surface area (Å²) in [6.45, 7) is 11.0. The molecule has 0 N–H and O–H groups in total. The van der Waals surface area contributed by atoms with E-state index in [0.717, 1.165) is 20.3 Å². The van der Waals surface area contributed by atoms with Crippen LogP contribution in [0.5, 0.6) is 0 Å². The molecule has 0 saturated carbocycles. The number of ether oxygens (including phenoxy) is 2. The zero-order chi connectivity index (χ0) is 24.9. The highest BCUT2D eigenvalue weighted by Gasteiger charge is 2.37. The maximum Gasteiger partial charge on any atom is 0.410 e. The standard InChI is InChI=1S/C23H30BrClN4O4S/c1-12-9-28(22(31)33-23(3,4)5)13(2)8-27(12)20-15-7-16(25)17(24)19-18(15)29(21(30)26-20)14(10-32-6)11-34-19/h7,12-14H,8-11H2,1-6H3/t12?,13?,14-/m0/s1. The molecule has 34 heavy (non-hydrogen) atoms. The highest BCUT2D eigenvalue weighted by atomic mass is 79.9. The van der Waals surface area contributed by atoms with Crippen LogP contribution >= 0.6 is 39.3 Å². The first-order valence-corrected chi connectivity index (χ1v) is 13.4. The minimum Gasteiger partial charge on any atom is -0.444 e. The highest BCUT2D eigenvalue weighted by molar-refractivity contribution is 9.10. The summed E-state index contributed by atoms with van der Waals surface area (Å²) in [7, 11) is 1.63. The zero-order valence-corrected chi connectivity index (χ0v) is 23.4. The molecule has 2 aliphatic rings. The predicted octanol–water partition coefficient (Wildman–Crippen LogP) is 4.94. The van der Waals surface area contributed by atoms with Crippen LogP contribution in [0.1, 0.15) is 40.7 Å². The zero-order valence-electron chi connectivity index (χ0n) is 20.2. The maximum absolute atomic E-state index is 13.3. The van der Waals surface area contributed by atoms with Crippen LogP contribution in [-0.4, -0.2) is 70.8 Å². The summed E-state index contributed by atoms with van der Waals surface area (Å²) in [5, 5.41) is 1.39. The maximum atomic E-state index is 13.3. The smallest absolute Gasteiger partial charge is 0.410 e. The molecule has 3 heterocycles. The van der Waals surface area contributed by atoms with Gasteiger partial charge >= 0.3 is 11.8 Å². The quantitative estimate of drug-likeness (QED) is 0.515. The normalized spacial score (nSPS) is 22.9. The third-order valence-electron chi connectivity index (χ3n) is 6.07. The number of thioether (sulfide) groups is 1. The van der Waals surface area contributed by atoms with Crippen molar-refractivity contribution in [3.8, 4) is 0 Å². The molecule has 11 heteroatoms. The molecule has 1 fully saturated rings. The van der Waals surface area contributed by atoms with Crippen LogP contribution in [0.25, 0.3) is 10.9 Å². The topological polar surface area (TPSA) is 76.9 Å². The Balaban J connectivity index is 1.79. The van der Waals surface area contributed by atoms with Gasteiger partial charge in [0, 0.05) is 48.3 Å². The summed E-state index contributed by atoms with van der Waals surface area (Å²) < 4.78 is 13.5. The Labute approximate surface area is 217 Å². The number of carbonyl (C=O) groups is 1. The van der Waals surface area contributed by atoms with Crippen molar-refractivity contribution in [2.75, 3.05) is 37.5 Å². The van der Waals surface area contributed by atoms with Gasteiger partial charge < -0.3 is 19.3 Å². The molecule has 1 aromatic heterocycles. The van der Waals surface area contributed by atoms with Crippen molar-refractivity contribution in [1.82, 2.24) is 14.5 Å². The summed E-state index contributed by atoms with van der Waals surface area (Å²) >= 11 is 11.9. The van der Waals surface area contributed by atoms with E-state index in [-0.39, 0.29) is 29.9 Å². The van der Waals surface area contributed by atoms with Gasteiger partial charge in [-0.15, -0.1) is 11.8 Å². The molecule has 8 nitrogen and oxygen atoms in total. The molecule has 1 amide bonds. The molecule has 1 saturated heterocycles. The molecule has 3 atom stereocenters. The molecular formula is C23H30BrClN4O4S. The number of hydrogen-bond acceptors (Lipinski definition) is 7. The highest BCUT2D eigenvalue weighted by Crippen LogP contribution is 2.46. The lowest BCUT2D eigenvalue weighted by atomic mass is 10.1. The SMILES string of the molecule is COC[C@H]1CSc2c(Br)c(Cl)cc3c(N4CC(C)N(C(=O)OC(C)(C)C)CC4C)nc(=O)n1c23. The van der Waals surface area contributed by atoms with Crippen LogP contribution in [0.3, 0.4) is 0 Å². The summed E-state index contributed by atoms with van der Waals surface area (Å²) in [4.78, 5) is 35.4. The van der Waals surface area contributed by atoms with E-state index in [2.05, 4.69) is 25.8 Å². The first kappa shape index (κ1) is 25.6. The van der Waals surface area contributed by atoms with Gasteiger partial charge in [0.25, 0.3) is 0 Å². The van der Waals surface area contributed by atoms with Gasteiger partial charge in [0.2, 0.25) is 0 Å². The summed E-state index contributed by atoms with van der Waals surface area (Å²) in [6.07, 6.45) is -0.331. The van der Waals surface area contributed by atoms with Crippen molar-refractivity contribution in [1.29, 1.82) is 0 Å². The van der Waals surface area contributed by atoms with Crippen molar-refractivity contribution < 1.29 is 14.3 Å². The number of benzene rings is 1. The van der Waals surface area contributed by atoms with Gasteiger partial charge in [-0.2, -0.15) is 4.98 Å². The fourth-order valence-electron chi connectivity index (χ4n) is 4.56. The van der Waals surface area contributed by atoms with Crippen molar-refractivity contribution in [3.63, 3.8) is 0 Å². The second-order valence-electron chi connectivity index (χ2n) is 9.89. The number of anilines is 1. The number of aromatic nitrogens is 2. The molecule has 2 aliphatic heterocycles. The van der Waals surface area contributed by atoms with Gasteiger partial charge in [-0.3, -0.25) is 4.57 Å². The second kappa shape index (κ2) is 9.52. The number of methoxy groups -OCH3 is 1. The van der Waals surface area contributed by atoms with E-state index in [1.165, 1.54) is 0 Å². The van der Waals surface area contributed by atoms with Gasteiger partial charge in [0.1, 0.15) is 11.4 Å². The minimum atomic E-state index is -0.565. The number of rotatable bonds is 3. The lowest BCUT2D eigenvalue weighted by molar-refractivity contribution is 0.0130. The Bertz CT molecular complexity index is 1180. The summed E-state index contributed by atoms with van der Waals surface area (Å²) in [5.41, 5.74) is -0.0572. The second-order valence-corrected chi connectivity index (χ2v) is 12.1. The largest absolute Gasteiger partial charge is 0.444 e. The van der Waals surface area contributed by atoms with Crippen molar-refractivity contribution in [2.45, 2.75) is 63.2 Å². The van der Waals surface area contributed by atoms with Crippen molar-refractivity contribution in [2.24, 2.45) is 0 Å². The molecule has 0 bridgehead atoms. The molecule has 1 aromatic carbocycles. The van der Waals surface area contributed by atoms with Crippen LogP contribution in [-0.2, 0) is 9.47 Å². The van der Waals surface area contributed by atoms with E-state index in [1.54, 1.807) is 28.3 Å². The first-order chi connectivity index (χ1) is 15.9. The predicted molar refractivity (Wildman–Crippen MR) is 140 cm³/mol. The molecular weight excluding hydrogens is 544 g/mol. The monoisotopic (exact) mass is 572 g/mol. The Morgan fingerprint density at radius 1 is 1.29 bits per heavy atom. The fourth-order valence-corrected chi connectivity index (χ4v) is 6.65. The summed E-state index contributed by atoms with van der Waals surface area (Å²) in [5.74, 6) is 1.28. The van der Waals surface area contributed by atoms with E-state index in [9.17, 15) is 9.59 Å². The number of hydrogen-bond donors (Lipinski definition) is 0. The Morgan fingerprint density at radius 3 is 2.65 bits per heavy atom. The van der Waals surface area contributed by atoms with Crippen LogP contribution in [0.2, 0.25) is 5.02 Å². The van der Waals surface area contributed by atoms with Gasteiger partial charge in [0.05, 0.1) is 27.7 Å². The average molecular weight is 574 g/mol. The molecule has 2 aromatic rings. The number of halogens is 2.